The van der Waals surface area contributed by atoms with Crippen LogP contribution in [0.1, 0.15) is 0 Å². The van der Waals surface area contributed by atoms with Crippen molar-refractivity contribution in [1.82, 2.24) is 0 Å². The minimum atomic E-state index is -0.660. The van der Waals surface area contributed by atoms with Crippen molar-refractivity contribution in [2.75, 3.05) is 7.11 Å². The van der Waals surface area contributed by atoms with E-state index in [1.807, 2.05) is 0 Å². The minimum absolute atomic E-state index is 0.0602. The molecule has 0 atom stereocenters. The average molecular weight is 177 g/mol. The maximum atomic E-state index is 12.8. The highest BCUT2D eigenvalue weighted by molar-refractivity contribution is 6.31. The van der Waals surface area contributed by atoms with Gasteiger partial charge in [-0.1, -0.05) is 11.6 Å². The van der Waals surface area contributed by atoms with Gasteiger partial charge in [-0.15, -0.1) is 0 Å². The third kappa shape index (κ3) is 1.54. The van der Waals surface area contributed by atoms with Gasteiger partial charge in [0.1, 0.15) is 5.75 Å². The first kappa shape index (κ1) is 8.14. The summed E-state index contributed by atoms with van der Waals surface area (Å²) in [5.41, 5.74) is 0. The predicted molar refractivity (Wildman–Crippen MR) is 39.6 cm³/mol. The molecule has 0 amide bonds. The Kier molecular flexibility index (Phi) is 2.19. The molecule has 0 radical (unpaired) electrons. The molecule has 1 rings (SSSR count). The number of aromatic hydroxyl groups is 1. The van der Waals surface area contributed by atoms with Gasteiger partial charge in [0.05, 0.1) is 12.1 Å². The van der Waals surface area contributed by atoms with Crippen molar-refractivity contribution in [2.45, 2.75) is 0 Å². The Bertz CT molecular complexity index is 275. The normalized spacial score (nSPS) is 9.73. The minimum Gasteiger partial charge on any atom is -0.508 e. The van der Waals surface area contributed by atoms with Crippen LogP contribution < -0.4 is 4.74 Å². The number of ether oxygens (including phenoxy) is 1. The number of benzene rings is 1. The smallest absolute Gasteiger partial charge is 0.183 e. The molecule has 0 aliphatic rings. The zero-order valence-corrected chi connectivity index (χ0v) is 6.52. The van der Waals surface area contributed by atoms with E-state index in [0.29, 0.717) is 0 Å². The van der Waals surface area contributed by atoms with Crippen LogP contribution in [0.15, 0.2) is 12.1 Å². The quantitative estimate of drug-likeness (QED) is 0.711. The fourth-order valence-electron chi connectivity index (χ4n) is 0.699. The van der Waals surface area contributed by atoms with E-state index in [0.717, 1.165) is 12.1 Å². The molecule has 0 aliphatic heterocycles. The lowest BCUT2D eigenvalue weighted by molar-refractivity contribution is 0.380. The Balaban J connectivity index is 3.24. The highest BCUT2D eigenvalue weighted by atomic mass is 35.5. The van der Waals surface area contributed by atoms with Gasteiger partial charge in [0, 0.05) is 12.1 Å². The predicted octanol–water partition coefficient (Wildman–Crippen LogP) is 2.19. The maximum absolute atomic E-state index is 12.8. The Morgan fingerprint density at radius 1 is 1.55 bits per heavy atom. The zero-order chi connectivity index (χ0) is 8.43. The van der Waals surface area contributed by atoms with Gasteiger partial charge in [0.15, 0.2) is 11.6 Å². The monoisotopic (exact) mass is 176 g/mol. The molecule has 4 heteroatoms. The second-order valence-corrected chi connectivity index (χ2v) is 2.35. The van der Waals surface area contributed by atoms with Crippen LogP contribution in [-0.2, 0) is 0 Å². The highest BCUT2D eigenvalue weighted by Gasteiger charge is 2.08. The first-order valence-corrected chi connectivity index (χ1v) is 3.25. The molecular formula is C7H6ClFO2. The molecule has 0 saturated heterocycles. The summed E-state index contributed by atoms with van der Waals surface area (Å²) in [4.78, 5) is 0. The first-order chi connectivity index (χ1) is 5.15. The number of phenols is 1. The number of hydrogen-bond acceptors (Lipinski definition) is 2. The highest BCUT2D eigenvalue weighted by Crippen LogP contribution is 2.29. The molecule has 0 bridgehead atoms. The molecule has 0 heterocycles. The van der Waals surface area contributed by atoms with Crippen molar-refractivity contribution in [1.29, 1.82) is 0 Å². The van der Waals surface area contributed by atoms with Crippen LogP contribution in [0.3, 0.4) is 0 Å². The summed E-state index contributed by atoms with van der Waals surface area (Å²) < 4.78 is 17.4. The number of halogens is 2. The van der Waals surface area contributed by atoms with Gasteiger partial charge in [-0.2, -0.15) is 0 Å². The van der Waals surface area contributed by atoms with Gasteiger partial charge < -0.3 is 9.84 Å². The van der Waals surface area contributed by atoms with Gasteiger partial charge in [-0.25, -0.2) is 4.39 Å². The van der Waals surface area contributed by atoms with Crippen molar-refractivity contribution in [2.24, 2.45) is 0 Å². The lowest BCUT2D eigenvalue weighted by Crippen LogP contribution is -1.87. The number of hydrogen-bond donors (Lipinski definition) is 1. The van der Waals surface area contributed by atoms with Crippen LogP contribution in [0.25, 0.3) is 0 Å². The third-order valence-electron chi connectivity index (χ3n) is 1.20. The van der Waals surface area contributed by atoms with Crippen LogP contribution >= 0.6 is 11.6 Å². The number of phenolic OH excluding ortho intramolecular Hbond substituents is 1. The van der Waals surface area contributed by atoms with Crippen molar-refractivity contribution < 1.29 is 14.2 Å². The van der Waals surface area contributed by atoms with Crippen molar-refractivity contribution >= 4 is 11.6 Å². The van der Waals surface area contributed by atoms with E-state index in [1.165, 1.54) is 7.11 Å². The molecule has 0 spiro atoms. The molecule has 2 nitrogen and oxygen atoms in total. The van der Waals surface area contributed by atoms with Crippen molar-refractivity contribution in [3.05, 3.63) is 23.0 Å². The number of rotatable bonds is 1. The Morgan fingerprint density at radius 2 is 2.18 bits per heavy atom. The largest absolute Gasteiger partial charge is 0.508 e. The van der Waals surface area contributed by atoms with Crippen LogP contribution in [0.5, 0.6) is 11.5 Å². The topological polar surface area (TPSA) is 29.5 Å². The van der Waals surface area contributed by atoms with Gasteiger partial charge in [0.2, 0.25) is 0 Å². The molecule has 0 unspecified atom stereocenters. The van der Waals surface area contributed by atoms with Crippen LogP contribution in [-0.4, -0.2) is 12.2 Å². The second-order valence-electron chi connectivity index (χ2n) is 1.94. The Labute approximate surface area is 68.2 Å². The zero-order valence-electron chi connectivity index (χ0n) is 5.77. The molecule has 0 aliphatic carbocycles. The molecule has 0 saturated carbocycles. The Hall–Kier alpha value is -0.960. The molecule has 1 aromatic rings. The summed E-state index contributed by atoms with van der Waals surface area (Å²) >= 11 is 5.38. The van der Waals surface area contributed by atoms with Gasteiger partial charge in [0.25, 0.3) is 0 Å². The fourth-order valence-corrected chi connectivity index (χ4v) is 0.904. The van der Waals surface area contributed by atoms with Gasteiger partial charge in [-0.3, -0.25) is 0 Å². The SMILES string of the molecule is COc1cc(O)cc(Cl)c1F. The number of methoxy groups -OCH3 is 1. The molecule has 1 N–H and O–H groups in total. The lowest BCUT2D eigenvalue weighted by Gasteiger charge is -2.02. The molecule has 0 aromatic heterocycles. The van der Waals surface area contributed by atoms with Gasteiger partial charge in [-0.05, 0) is 0 Å². The average Bonchev–Trinajstić information content (AvgIpc) is 1.96. The third-order valence-corrected chi connectivity index (χ3v) is 1.47. The summed E-state index contributed by atoms with van der Waals surface area (Å²) in [6, 6.07) is 2.26. The van der Waals surface area contributed by atoms with Crippen molar-refractivity contribution in [3.63, 3.8) is 0 Å². The van der Waals surface area contributed by atoms with E-state index in [1.54, 1.807) is 0 Å². The summed E-state index contributed by atoms with van der Waals surface area (Å²) in [7, 11) is 1.30. The molecule has 60 valence electrons. The van der Waals surface area contributed by atoms with Crippen LogP contribution in [0.4, 0.5) is 4.39 Å². The van der Waals surface area contributed by atoms with Crippen molar-refractivity contribution in [3.8, 4) is 11.5 Å². The lowest BCUT2D eigenvalue weighted by atomic mass is 10.3. The molecule has 0 fully saturated rings. The van der Waals surface area contributed by atoms with Gasteiger partial charge >= 0.3 is 0 Å². The van der Waals surface area contributed by atoms with E-state index in [9.17, 15) is 4.39 Å². The molecular weight excluding hydrogens is 171 g/mol. The summed E-state index contributed by atoms with van der Waals surface area (Å²) in [6.45, 7) is 0. The van der Waals surface area contributed by atoms with E-state index in [2.05, 4.69) is 4.74 Å². The first-order valence-electron chi connectivity index (χ1n) is 2.87. The van der Waals surface area contributed by atoms with E-state index in [-0.39, 0.29) is 16.5 Å². The summed E-state index contributed by atoms with van der Waals surface area (Å²) in [6.07, 6.45) is 0. The van der Waals surface area contributed by atoms with E-state index < -0.39 is 5.82 Å². The van der Waals surface area contributed by atoms with E-state index in [4.69, 9.17) is 16.7 Å². The maximum Gasteiger partial charge on any atom is 0.183 e. The molecule has 11 heavy (non-hydrogen) atoms. The standard InChI is InChI=1S/C7H6ClFO2/c1-11-6-3-4(10)2-5(8)7(6)9/h2-3,10H,1H3. The van der Waals surface area contributed by atoms with Crippen LogP contribution in [0, 0.1) is 5.82 Å². The van der Waals surface area contributed by atoms with E-state index >= 15 is 0 Å². The second kappa shape index (κ2) is 2.96. The summed E-state index contributed by atoms with van der Waals surface area (Å²) in [5.74, 6) is -0.838. The molecule has 1 aromatic carbocycles. The van der Waals surface area contributed by atoms with Crippen LogP contribution in [0.2, 0.25) is 5.02 Å². The fraction of sp³-hybridized carbons (Fsp3) is 0.143. The Morgan fingerprint density at radius 3 is 2.73 bits per heavy atom. The summed E-state index contributed by atoms with van der Waals surface area (Å²) in [5, 5.41) is 8.77.